The molecule has 0 spiro atoms. The van der Waals surface area contributed by atoms with Gasteiger partial charge in [-0.1, -0.05) is 47.1 Å². The minimum atomic E-state index is -0.758. The Hall–Kier alpha value is -1.78. The van der Waals surface area contributed by atoms with Crippen molar-refractivity contribution in [3.05, 3.63) is 5.69 Å². The van der Waals surface area contributed by atoms with Crippen molar-refractivity contribution in [2.75, 3.05) is 13.1 Å². The molecule has 34 heavy (non-hydrogen) atoms. The number of rotatable bonds is 4. The van der Waals surface area contributed by atoms with Crippen molar-refractivity contribution in [3.8, 4) is 15.6 Å². The number of thioether (sulfide) groups is 2. The van der Waals surface area contributed by atoms with Crippen LogP contribution in [-0.4, -0.2) is 63.4 Å². The van der Waals surface area contributed by atoms with Crippen molar-refractivity contribution in [2.45, 2.75) is 33.3 Å². The largest absolute Gasteiger partial charge is 0.464 e. The second-order valence-corrected chi connectivity index (χ2v) is 12.8. The number of aliphatic imine (C=N–C) groups is 2. The molecule has 2 amide bonds. The van der Waals surface area contributed by atoms with Crippen LogP contribution in [0.5, 0.6) is 5.88 Å². The molecule has 176 valence electrons. The van der Waals surface area contributed by atoms with Gasteiger partial charge in [0.05, 0.1) is 4.88 Å². The van der Waals surface area contributed by atoms with Crippen LogP contribution in [0.3, 0.4) is 0 Å². The average Bonchev–Trinajstić information content (AvgIpc) is 3.49. The highest BCUT2D eigenvalue weighted by molar-refractivity contribution is 8.35. The van der Waals surface area contributed by atoms with Crippen LogP contribution in [0.2, 0.25) is 0 Å². The first-order chi connectivity index (χ1) is 16.1. The number of aromatic nitrogens is 2. The average molecular weight is 569 g/mol. The number of fused-ring (bicyclic) bond motifs is 3. The van der Waals surface area contributed by atoms with Crippen LogP contribution in [0.15, 0.2) is 9.98 Å². The van der Waals surface area contributed by atoms with Gasteiger partial charge in [-0.15, -0.1) is 0 Å². The number of nitrogens with zero attached hydrogens (tertiary/aromatic N) is 6. The number of thiocarbonyl (C=S) groups is 2. The van der Waals surface area contributed by atoms with Gasteiger partial charge < -0.3 is 4.74 Å². The van der Waals surface area contributed by atoms with E-state index in [2.05, 4.69) is 20.0 Å². The zero-order chi connectivity index (χ0) is 24.4. The summed E-state index contributed by atoms with van der Waals surface area (Å²) in [5, 5.41) is 1.44. The van der Waals surface area contributed by atoms with Gasteiger partial charge >= 0.3 is 0 Å². The summed E-state index contributed by atoms with van der Waals surface area (Å²) < 4.78 is 7.11. The molecule has 0 N–H and O–H groups in total. The van der Waals surface area contributed by atoms with E-state index in [0.29, 0.717) is 53.7 Å². The molecule has 3 aliphatic heterocycles. The Morgan fingerprint density at radius 2 is 1.38 bits per heavy atom. The second kappa shape index (κ2) is 8.71. The summed E-state index contributed by atoms with van der Waals surface area (Å²) in [5.74, 6) is -0.00320. The van der Waals surface area contributed by atoms with Gasteiger partial charge in [0.25, 0.3) is 11.8 Å². The lowest BCUT2D eigenvalue weighted by Crippen LogP contribution is -2.29. The van der Waals surface area contributed by atoms with E-state index in [4.69, 9.17) is 29.2 Å². The Labute approximate surface area is 222 Å². The highest BCUT2D eigenvalue weighted by Gasteiger charge is 2.40. The first kappa shape index (κ1) is 23.9. The van der Waals surface area contributed by atoms with Crippen molar-refractivity contribution in [1.82, 2.24) is 19.8 Å². The molecule has 3 aliphatic rings. The van der Waals surface area contributed by atoms with Gasteiger partial charge in [0.2, 0.25) is 16.1 Å². The first-order valence-corrected chi connectivity index (χ1v) is 14.2. The van der Waals surface area contributed by atoms with E-state index >= 15 is 0 Å². The SMILES string of the molecule is CCN1C(=O)C(=Nc2nc3c(s2)-c2sc(N=C4SC(=S)N(CC)C4=O)nc2C(C)(C)O3)SC1=S. The van der Waals surface area contributed by atoms with E-state index in [-0.39, 0.29) is 11.8 Å². The third kappa shape index (κ3) is 3.91. The molecule has 9 nitrogen and oxygen atoms in total. The lowest BCUT2D eigenvalue weighted by molar-refractivity contribution is -0.120. The van der Waals surface area contributed by atoms with Gasteiger partial charge in [0.1, 0.15) is 24.8 Å². The molecular formula is C19H16N6O3S6. The van der Waals surface area contributed by atoms with Crippen LogP contribution in [-0.2, 0) is 15.2 Å². The number of thiazole rings is 2. The van der Waals surface area contributed by atoms with Gasteiger partial charge in [-0.05, 0) is 51.2 Å². The standard InChI is InChI=1S/C19H16N6O3S6/c1-5-24-13(26)11(33-17(24)29)22-15-20-9-7(31-15)8-10(28-19(9,3)4)21-16(32-8)23-12-14(27)25(6-2)18(30)34-12/h5-6H2,1-4H3. The molecule has 0 saturated carbocycles. The maximum atomic E-state index is 12.6. The van der Waals surface area contributed by atoms with Crippen molar-refractivity contribution in [2.24, 2.45) is 9.98 Å². The maximum Gasteiger partial charge on any atom is 0.285 e. The quantitative estimate of drug-likeness (QED) is 0.485. The van der Waals surface area contributed by atoms with Gasteiger partial charge in [-0.3, -0.25) is 19.4 Å². The summed E-state index contributed by atoms with van der Waals surface area (Å²) in [5.41, 5.74) is -0.0477. The Bertz CT molecular complexity index is 1340. The predicted molar refractivity (Wildman–Crippen MR) is 146 cm³/mol. The summed E-state index contributed by atoms with van der Waals surface area (Å²) in [6.45, 7) is 8.51. The van der Waals surface area contributed by atoms with Gasteiger partial charge in [0.15, 0.2) is 10.1 Å². The van der Waals surface area contributed by atoms with Crippen LogP contribution in [0.25, 0.3) is 9.75 Å². The van der Waals surface area contributed by atoms with E-state index < -0.39 is 5.60 Å². The minimum Gasteiger partial charge on any atom is -0.464 e. The lowest BCUT2D eigenvalue weighted by Gasteiger charge is -2.28. The van der Waals surface area contributed by atoms with Crippen molar-refractivity contribution in [1.29, 1.82) is 0 Å². The van der Waals surface area contributed by atoms with E-state index in [1.807, 2.05) is 27.7 Å². The number of hydrogen-bond donors (Lipinski definition) is 0. The number of carbonyl (C=O) groups excluding carboxylic acids is 2. The Balaban J connectivity index is 1.52. The number of carbonyl (C=O) groups is 2. The smallest absolute Gasteiger partial charge is 0.285 e. The molecule has 15 heteroatoms. The van der Waals surface area contributed by atoms with Crippen LogP contribution >= 0.6 is 70.6 Å². The summed E-state index contributed by atoms with van der Waals surface area (Å²) in [6, 6.07) is 0. The van der Waals surface area contributed by atoms with Gasteiger partial charge in [-0.25, -0.2) is 15.0 Å². The number of amides is 2. The summed E-state index contributed by atoms with van der Waals surface area (Å²) in [6.07, 6.45) is 0. The zero-order valence-electron chi connectivity index (χ0n) is 18.3. The van der Waals surface area contributed by atoms with Gasteiger partial charge in [0, 0.05) is 13.1 Å². The highest BCUT2D eigenvalue weighted by atomic mass is 32.2. The van der Waals surface area contributed by atoms with Crippen LogP contribution in [0, 0.1) is 0 Å². The fraction of sp³-hybridized carbons (Fsp3) is 0.368. The highest BCUT2D eigenvalue weighted by Crippen LogP contribution is 2.53. The molecule has 0 unspecified atom stereocenters. The normalized spacial score (nSPS) is 21.6. The molecule has 2 aromatic heterocycles. The lowest BCUT2D eigenvalue weighted by atomic mass is 10.0. The minimum absolute atomic E-state index is 0.212. The third-order valence-corrected chi connectivity index (χ3v) is 9.71. The molecule has 5 heterocycles. The third-order valence-electron chi connectivity index (χ3n) is 5.02. The molecule has 2 saturated heterocycles. The predicted octanol–water partition coefficient (Wildman–Crippen LogP) is 4.71. The number of hydrogen-bond acceptors (Lipinski definition) is 13. The Morgan fingerprint density at radius 3 is 1.88 bits per heavy atom. The van der Waals surface area contributed by atoms with Crippen LogP contribution < -0.4 is 4.74 Å². The van der Waals surface area contributed by atoms with Crippen molar-refractivity contribution < 1.29 is 14.3 Å². The zero-order valence-corrected chi connectivity index (χ0v) is 23.2. The van der Waals surface area contributed by atoms with E-state index in [1.54, 1.807) is 0 Å². The summed E-state index contributed by atoms with van der Waals surface area (Å²) >= 11 is 15.5. The first-order valence-electron chi connectivity index (χ1n) is 10.1. The molecule has 2 aromatic rings. The summed E-state index contributed by atoms with van der Waals surface area (Å²) in [4.78, 5) is 47.9. The van der Waals surface area contributed by atoms with E-state index in [0.717, 1.165) is 21.5 Å². The Kier molecular flexibility index (Phi) is 6.13. The summed E-state index contributed by atoms with van der Waals surface area (Å²) in [7, 11) is 0. The fourth-order valence-corrected chi connectivity index (χ4v) is 8.12. The van der Waals surface area contributed by atoms with Crippen molar-refractivity contribution in [3.63, 3.8) is 0 Å². The number of ether oxygens (including phenoxy) is 1. The molecule has 0 radical (unpaired) electrons. The van der Waals surface area contributed by atoms with Crippen molar-refractivity contribution >= 4 is 111 Å². The molecule has 2 fully saturated rings. The fourth-order valence-electron chi connectivity index (χ4n) is 3.38. The molecule has 0 aliphatic carbocycles. The monoisotopic (exact) mass is 568 g/mol. The molecule has 0 aromatic carbocycles. The molecular weight excluding hydrogens is 553 g/mol. The maximum absolute atomic E-state index is 12.6. The van der Waals surface area contributed by atoms with Crippen LogP contribution in [0.4, 0.5) is 10.3 Å². The van der Waals surface area contributed by atoms with Gasteiger partial charge in [-0.2, -0.15) is 4.98 Å². The topological polar surface area (TPSA) is 100 Å². The molecule has 0 atom stereocenters. The Morgan fingerprint density at radius 1 is 0.882 bits per heavy atom. The molecule has 0 bridgehead atoms. The van der Waals surface area contributed by atoms with E-state index in [1.165, 1.54) is 44.2 Å². The second-order valence-electron chi connectivity index (χ2n) is 7.59. The van der Waals surface area contributed by atoms with Crippen LogP contribution in [0.1, 0.15) is 33.4 Å². The van der Waals surface area contributed by atoms with E-state index in [9.17, 15) is 9.59 Å². The molecule has 5 rings (SSSR count).